The number of methoxy groups -OCH3 is 1. The summed E-state index contributed by atoms with van der Waals surface area (Å²) in [6, 6.07) is 8.05. The van der Waals surface area contributed by atoms with Gasteiger partial charge in [-0.25, -0.2) is 0 Å². The number of rotatable bonds is 2. The molecule has 0 radical (unpaired) electrons. The third kappa shape index (κ3) is 2.99. The van der Waals surface area contributed by atoms with Crippen molar-refractivity contribution in [2.45, 2.75) is 65.0 Å². The Morgan fingerprint density at radius 2 is 1.32 bits per heavy atom. The van der Waals surface area contributed by atoms with Crippen LogP contribution in [0.4, 0.5) is 0 Å². The molecule has 0 amide bonds. The molecule has 1 saturated heterocycles. The first kappa shape index (κ1) is 19.6. The van der Waals surface area contributed by atoms with E-state index in [0.29, 0.717) is 0 Å². The van der Waals surface area contributed by atoms with Crippen LogP contribution in [-0.2, 0) is 9.31 Å². The second-order valence-corrected chi connectivity index (χ2v) is 8.11. The average Bonchev–Trinajstić information content (AvgIpc) is 2.56. The molecule has 1 aromatic carbocycles. The van der Waals surface area contributed by atoms with E-state index < -0.39 is 6.55 Å². The van der Waals surface area contributed by atoms with Crippen LogP contribution in [0.2, 0.25) is 5.31 Å². The normalized spacial score (nSPS) is 22.0. The maximum atomic E-state index is 6.58. The molecule has 0 aliphatic carbocycles. The fourth-order valence-electron chi connectivity index (χ4n) is 2.98. The van der Waals surface area contributed by atoms with E-state index in [2.05, 4.69) is 60.6 Å². The molecule has 0 bridgehead atoms. The summed E-state index contributed by atoms with van der Waals surface area (Å²) < 4.78 is 18.4. The Hall–Kier alpha value is -0.398. The van der Waals surface area contributed by atoms with Crippen LogP contribution in [-0.4, -0.2) is 24.9 Å². The molecule has 0 atom stereocenters. The summed E-state index contributed by atoms with van der Waals surface area (Å²) in [6.07, 6.45) is 0. The van der Waals surface area contributed by atoms with Crippen molar-refractivity contribution < 1.29 is 32.9 Å². The van der Waals surface area contributed by atoms with E-state index in [1.807, 2.05) is 12.1 Å². The smallest absolute Gasteiger partial charge is 0.558 e. The average molecular weight is 298 g/mol. The summed E-state index contributed by atoms with van der Waals surface area (Å²) in [4.78, 5) is 0. The summed E-state index contributed by atoms with van der Waals surface area (Å²) in [5.41, 5.74) is 0.391. The predicted octanol–water partition coefficient (Wildman–Crippen LogP) is 0.753. The fourth-order valence-corrected chi connectivity index (χ4v) is 2.98. The molecule has 1 aliphatic rings. The van der Waals surface area contributed by atoms with Gasteiger partial charge in [0.25, 0.3) is 6.55 Å². The van der Waals surface area contributed by atoms with Crippen molar-refractivity contribution in [1.29, 1.82) is 0 Å². The van der Waals surface area contributed by atoms with Crippen LogP contribution in [0.3, 0.4) is 0 Å². The van der Waals surface area contributed by atoms with Crippen LogP contribution in [0.15, 0.2) is 24.3 Å². The zero-order valence-electron chi connectivity index (χ0n) is 15.6. The number of ether oxygens (including phenoxy) is 1. The Balaban J connectivity index is 0.00000242. The van der Waals surface area contributed by atoms with E-state index in [1.165, 1.54) is 0 Å². The van der Waals surface area contributed by atoms with Gasteiger partial charge in [-0.2, -0.15) is 5.46 Å². The van der Waals surface area contributed by atoms with Gasteiger partial charge in [0, 0.05) is 11.2 Å². The molecular weight excluding hydrogens is 270 g/mol. The zero-order valence-corrected chi connectivity index (χ0v) is 15.6. The van der Waals surface area contributed by atoms with Crippen molar-refractivity contribution >= 4 is 12.0 Å². The summed E-state index contributed by atoms with van der Waals surface area (Å²) in [7, 11) is 1.68. The molecule has 0 unspecified atom stereocenters. The Kier molecular flexibility index (Phi) is 5.28. The topological polar surface area (TPSA) is 27.7 Å². The number of hydrogen-bond acceptors (Lipinski definition) is 3. The van der Waals surface area contributed by atoms with Crippen LogP contribution in [0.5, 0.6) is 5.75 Å². The van der Waals surface area contributed by atoms with Crippen molar-refractivity contribution in [1.82, 2.24) is 0 Å². The van der Waals surface area contributed by atoms with Crippen LogP contribution in [0.1, 0.15) is 48.5 Å². The molecule has 1 heterocycles. The largest absolute Gasteiger partial charge is 1.00 e. The molecule has 0 aromatic heterocycles. The monoisotopic (exact) mass is 298 g/mol. The molecule has 2 rings (SSSR count). The third-order valence-corrected chi connectivity index (χ3v) is 5.07. The molecule has 5 heteroatoms. The van der Waals surface area contributed by atoms with E-state index in [-0.39, 0.29) is 35.4 Å². The molecule has 0 spiro atoms. The fraction of sp³-hybridized carbons (Fsp3) is 0.647. The first-order valence-electron chi connectivity index (χ1n) is 7.64. The third-order valence-electron chi connectivity index (χ3n) is 5.07. The van der Waals surface area contributed by atoms with Crippen molar-refractivity contribution in [3.05, 3.63) is 24.3 Å². The van der Waals surface area contributed by atoms with Gasteiger partial charge < -0.3 is 14.0 Å². The van der Waals surface area contributed by atoms with E-state index in [9.17, 15) is 0 Å². The van der Waals surface area contributed by atoms with Gasteiger partial charge in [-0.15, -0.1) is 5.31 Å². The quantitative estimate of drug-likeness (QED) is 0.754. The second kappa shape index (κ2) is 5.91. The van der Waals surface area contributed by atoms with Gasteiger partial charge >= 0.3 is 18.9 Å². The molecule has 1 aliphatic heterocycles. The first-order chi connectivity index (χ1) is 9.45. The number of benzene rings is 1. The number of hydrogen-bond donors (Lipinski definition) is 0. The molecule has 1 fully saturated rings. The molecule has 1 aromatic rings. The van der Waals surface area contributed by atoms with Gasteiger partial charge in [0.2, 0.25) is 0 Å². The first-order valence-corrected chi connectivity index (χ1v) is 7.64. The van der Waals surface area contributed by atoms with Gasteiger partial charge in [0.05, 0.1) is 7.11 Å². The van der Waals surface area contributed by atoms with Crippen molar-refractivity contribution in [3.63, 3.8) is 0 Å². The standard InChI is InChI=1S/C17H28BO3.Li/c1-15(2,3)18(13-9-11-14(19-8)12-10-13)20-16(4,5)17(6,7)21-18;/h9-12H,1-8H3;/q-1;+1. The Bertz CT molecular complexity index is 502. The maximum absolute atomic E-state index is 6.58. The van der Waals surface area contributed by atoms with Crippen LogP contribution in [0, 0.1) is 0 Å². The van der Waals surface area contributed by atoms with Crippen molar-refractivity contribution in [2.24, 2.45) is 0 Å². The minimum absolute atomic E-state index is 0. The molecule has 118 valence electrons. The summed E-state index contributed by atoms with van der Waals surface area (Å²) in [5.74, 6) is 0.843. The summed E-state index contributed by atoms with van der Waals surface area (Å²) in [6.45, 7) is 13.4. The Morgan fingerprint density at radius 1 is 0.909 bits per heavy atom. The van der Waals surface area contributed by atoms with Gasteiger partial charge in [-0.05, 0) is 39.8 Å². The van der Waals surface area contributed by atoms with Crippen LogP contribution < -0.4 is 29.1 Å². The van der Waals surface area contributed by atoms with E-state index >= 15 is 0 Å². The predicted molar refractivity (Wildman–Crippen MR) is 88.4 cm³/mol. The minimum Gasteiger partial charge on any atom is -0.558 e. The van der Waals surface area contributed by atoms with Crippen molar-refractivity contribution in [2.75, 3.05) is 7.11 Å². The van der Waals surface area contributed by atoms with E-state index in [1.54, 1.807) is 7.11 Å². The van der Waals surface area contributed by atoms with Gasteiger partial charge in [-0.1, -0.05) is 32.9 Å². The van der Waals surface area contributed by atoms with Crippen LogP contribution >= 0.6 is 0 Å². The molecule has 3 nitrogen and oxygen atoms in total. The Morgan fingerprint density at radius 3 is 1.64 bits per heavy atom. The van der Waals surface area contributed by atoms with Crippen LogP contribution in [0.25, 0.3) is 0 Å². The van der Waals surface area contributed by atoms with Gasteiger partial charge in [0.1, 0.15) is 5.75 Å². The van der Waals surface area contributed by atoms with E-state index in [4.69, 9.17) is 14.0 Å². The molecule has 22 heavy (non-hydrogen) atoms. The molecule has 0 saturated carbocycles. The minimum atomic E-state index is -1.58. The van der Waals surface area contributed by atoms with Gasteiger partial charge in [-0.3, -0.25) is 0 Å². The molecule has 0 N–H and O–H groups in total. The Labute approximate surface area is 147 Å². The maximum Gasteiger partial charge on any atom is 1.00 e. The molecular formula is C17H28BLiO3. The van der Waals surface area contributed by atoms with E-state index in [0.717, 1.165) is 11.2 Å². The van der Waals surface area contributed by atoms with Crippen molar-refractivity contribution in [3.8, 4) is 5.75 Å². The van der Waals surface area contributed by atoms with Gasteiger partial charge in [0.15, 0.2) is 0 Å². The summed E-state index contributed by atoms with van der Waals surface area (Å²) in [5, 5.41) is -0.139. The summed E-state index contributed by atoms with van der Waals surface area (Å²) >= 11 is 0. The zero-order chi connectivity index (χ0) is 16.1. The second-order valence-electron chi connectivity index (χ2n) is 8.11. The SMILES string of the molecule is COc1ccc([B-]2(C(C)(C)C)OC(C)(C)C(C)(C)O2)cc1.[Li+].